The molecule has 1 aliphatic rings. The number of rotatable bonds is 3. The van der Waals surface area contributed by atoms with Crippen molar-refractivity contribution in [2.24, 2.45) is 5.73 Å². The third-order valence-corrected chi connectivity index (χ3v) is 2.96. The molecule has 1 aliphatic carbocycles. The molecule has 76 valence electrons. The van der Waals surface area contributed by atoms with Gasteiger partial charge in [-0.15, -0.1) is 0 Å². The SMILES string of the molecule is NC1(CC(=O)c2ccoc2)CCCC1. The maximum Gasteiger partial charge on any atom is 0.167 e. The van der Waals surface area contributed by atoms with Crippen LogP contribution in [0, 0.1) is 0 Å². The summed E-state index contributed by atoms with van der Waals surface area (Å²) in [4.78, 5) is 11.7. The first-order valence-electron chi connectivity index (χ1n) is 5.04. The predicted molar refractivity (Wildman–Crippen MR) is 53.0 cm³/mol. The Bertz CT molecular complexity index is 310. The summed E-state index contributed by atoms with van der Waals surface area (Å²) in [7, 11) is 0. The molecule has 0 bridgehead atoms. The smallest absolute Gasteiger partial charge is 0.167 e. The Morgan fingerprint density at radius 2 is 2.21 bits per heavy atom. The summed E-state index contributed by atoms with van der Waals surface area (Å²) in [5.74, 6) is 0.100. The van der Waals surface area contributed by atoms with Gasteiger partial charge in [-0.25, -0.2) is 0 Å². The van der Waals surface area contributed by atoms with E-state index in [4.69, 9.17) is 10.2 Å². The van der Waals surface area contributed by atoms with Gasteiger partial charge in [0.25, 0.3) is 0 Å². The van der Waals surface area contributed by atoms with E-state index in [0.29, 0.717) is 12.0 Å². The van der Waals surface area contributed by atoms with E-state index in [2.05, 4.69) is 0 Å². The molecule has 1 fully saturated rings. The summed E-state index contributed by atoms with van der Waals surface area (Å²) in [5.41, 5.74) is 6.50. The minimum absolute atomic E-state index is 0.100. The lowest BCUT2D eigenvalue weighted by molar-refractivity contribution is 0.0952. The van der Waals surface area contributed by atoms with E-state index in [0.717, 1.165) is 25.7 Å². The number of hydrogen-bond acceptors (Lipinski definition) is 3. The van der Waals surface area contributed by atoms with Crippen molar-refractivity contribution in [2.45, 2.75) is 37.6 Å². The van der Waals surface area contributed by atoms with Gasteiger partial charge in [-0.2, -0.15) is 0 Å². The van der Waals surface area contributed by atoms with Crippen molar-refractivity contribution in [3.63, 3.8) is 0 Å². The van der Waals surface area contributed by atoms with E-state index in [1.165, 1.54) is 12.5 Å². The molecular formula is C11H15NO2. The van der Waals surface area contributed by atoms with Crippen LogP contribution in [0.25, 0.3) is 0 Å². The molecule has 0 atom stereocenters. The zero-order chi connectivity index (χ0) is 10.0. The Balaban J connectivity index is 2.01. The summed E-state index contributed by atoms with van der Waals surface area (Å²) in [5, 5.41) is 0. The summed E-state index contributed by atoms with van der Waals surface area (Å²) >= 11 is 0. The molecule has 0 amide bonds. The molecular weight excluding hydrogens is 178 g/mol. The van der Waals surface area contributed by atoms with Crippen molar-refractivity contribution in [1.82, 2.24) is 0 Å². The van der Waals surface area contributed by atoms with Crippen LogP contribution in [0.5, 0.6) is 0 Å². The zero-order valence-corrected chi connectivity index (χ0v) is 8.16. The molecule has 1 aromatic heterocycles. The van der Waals surface area contributed by atoms with Crippen LogP contribution in [0.1, 0.15) is 42.5 Å². The van der Waals surface area contributed by atoms with Crippen molar-refractivity contribution in [1.29, 1.82) is 0 Å². The highest BCUT2D eigenvalue weighted by atomic mass is 16.3. The second-order valence-electron chi connectivity index (χ2n) is 4.18. The van der Waals surface area contributed by atoms with E-state index in [1.807, 2.05) is 0 Å². The molecule has 0 aliphatic heterocycles. The van der Waals surface area contributed by atoms with Gasteiger partial charge >= 0.3 is 0 Å². The topological polar surface area (TPSA) is 56.2 Å². The van der Waals surface area contributed by atoms with Gasteiger partial charge in [-0.3, -0.25) is 4.79 Å². The first kappa shape index (κ1) is 9.46. The Labute approximate surface area is 83.3 Å². The van der Waals surface area contributed by atoms with Gasteiger partial charge in [0.1, 0.15) is 6.26 Å². The highest BCUT2D eigenvalue weighted by Crippen LogP contribution is 2.31. The zero-order valence-electron chi connectivity index (χ0n) is 8.16. The molecule has 1 heterocycles. The molecule has 14 heavy (non-hydrogen) atoms. The molecule has 0 spiro atoms. The first-order chi connectivity index (χ1) is 6.70. The van der Waals surface area contributed by atoms with Crippen molar-refractivity contribution in [2.75, 3.05) is 0 Å². The highest BCUT2D eigenvalue weighted by molar-refractivity contribution is 5.96. The lowest BCUT2D eigenvalue weighted by Gasteiger charge is -2.21. The van der Waals surface area contributed by atoms with Crippen LogP contribution in [0.15, 0.2) is 23.0 Å². The third kappa shape index (κ3) is 1.87. The lowest BCUT2D eigenvalue weighted by atomic mass is 9.91. The third-order valence-electron chi connectivity index (χ3n) is 2.96. The van der Waals surface area contributed by atoms with Crippen molar-refractivity contribution >= 4 is 5.78 Å². The normalized spacial score (nSPS) is 19.8. The minimum Gasteiger partial charge on any atom is -0.472 e. The molecule has 1 saturated carbocycles. The van der Waals surface area contributed by atoms with Crippen LogP contribution >= 0.6 is 0 Å². The van der Waals surface area contributed by atoms with E-state index in [9.17, 15) is 4.79 Å². The average molecular weight is 193 g/mol. The highest BCUT2D eigenvalue weighted by Gasteiger charge is 2.32. The maximum absolute atomic E-state index is 11.7. The van der Waals surface area contributed by atoms with E-state index >= 15 is 0 Å². The molecule has 1 aromatic rings. The van der Waals surface area contributed by atoms with Gasteiger partial charge < -0.3 is 10.2 Å². The average Bonchev–Trinajstić information content (AvgIpc) is 2.74. The van der Waals surface area contributed by atoms with E-state index in [-0.39, 0.29) is 11.3 Å². The summed E-state index contributed by atoms with van der Waals surface area (Å²) in [6, 6.07) is 1.70. The second kappa shape index (κ2) is 3.58. The van der Waals surface area contributed by atoms with Gasteiger partial charge in [0.05, 0.1) is 11.8 Å². The number of carbonyl (C=O) groups excluding carboxylic acids is 1. The number of furan rings is 1. The summed E-state index contributed by atoms with van der Waals surface area (Å²) in [6.45, 7) is 0. The molecule has 0 radical (unpaired) electrons. The van der Waals surface area contributed by atoms with Gasteiger partial charge in [0, 0.05) is 12.0 Å². The van der Waals surface area contributed by atoms with Gasteiger partial charge in [0.2, 0.25) is 0 Å². The number of hydrogen-bond donors (Lipinski definition) is 1. The Kier molecular flexibility index (Phi) is 2.42. The predicted octanol–water partition coefficient (Wildman–Crippen LogP) is 2.12. The van der Waals surface area contributed by atoms with Crippen molar-refractivity contribution in [3.8, 4) is 0 Å². The molecule has 3 heteroatoms. The fraction of sp³-hybridized carbons (Fsp3) is 0.545. The summed E-state index contributed by atoms with van der Waals surface area (Å²) in [6.07, 6.45) is 7.69. The second-order valence-corrected chi connectivity index (χ2v) is 4.18. The van der Waals surface area contributed by atoms with Crippen LogP contribution < -0.4 is 5.73 Å². The van der Waals surface area contributed by atoms with Crippen LogP contribution in [0.3, 0.4) is 0 Å². The lowest BCUT2D eigenvalue weighted by Crippen LogP contribution is -2.38. The molecule has 3 nitrogen and oxygen atoms in total. The molecule has 0 unspecified atom stereocenters. The van der Waals surface area contributed by atoms with Gasteiger partial charge in [-0.1, -0.05) is 12.8 Å². The van der Waals surface area contributed by atoms with Gasteiger partial charge in [-0.05, 0) is 18.9 Å². The molecule has 0 aromatic carbocycles. The molecule has 2 N–H and O–H groups in total. The molecule has 0 saturated heterocycles. The fourth-order valence-corrected chi connectivity index (χ4v) is 2.10. The van der Waals surface area contributed by atoms with Crippen LogP contribution in [-0.2, 0) is 0 Å². The number of ketones is 1. The maximum atomic E-state index is 11.7. The van der Waals surface area contributed by atoms with Gasteiger partial charge in [0.15, 0.2) is 5.78 Å². The number of carbonyl (C=O) groups is 1. The number of Topliss-reactive ketones (excluding diaryl/α,β-unsaturated/α-hetero) is 1. The standard InChI is InChI=1S/C11H15NO2/c12-11(4-1-2-5-11)7-10(13)9-3-6-14-8-9/h3,6,8H,1-2,4-5,7,12H2. The van der Waals surface area contributed by atoms with Crippen LogP contribution in [-0.4, -0.2) is 11.3 Å². The van der Waals surface area contributed by atoms with E-state index < -0.39 is 0 Å². The monoisotopic (exact) mass is 193 g/mol. The van der Waals surface area contributed by atoms with Crippen molar-refractivity contribution in [3.05, 3.63) is 24.2 Å². The van der Waals surface area contributed by atoms with E-state index in [1.54, 1.807) is 6.07 Å². The largest absolute Gasteiger partial charge is 0.472 e. The molecule has 2 rings (SSSR count). The Morgan fingerprint density at radius 3 is 2.79 bits per heavy atom. The number of nitrogens with two attached hydrogens (primary N) is 1. The quantitative estimate of drug-likeness (QED) is 0.748. The first-order valence-corrected chi connectivity index (χ1v) is 5.04. The summed E-state index contributed by atoms with van der Waals surface area (Å²) < 4.78 is 4.87. The van der Waals surface area contributed by atoms with Crippen LogP contribution in [0.2, 0.25) is 0 Å². The Hall–Kier alpha value is -1.09. The Morgan fingerprint density at radius 1 is 1.50 bits per heavy atom. The minimum atomic E-state index is -0.256. The van der Waals surface area contributed by atoms with Crippen molar-refractivity contribution < 1.29 is 9.21 Å². The fourth-order valence-electron chi connectivity index (χ4n) is 2.10. The van der Waals surface area contributed by atoms with Crippen LogP contribution in [0.4, 0.5) is 0 Å².